The lowest BCUT2D eigenvalue weighted by Gasteiger charge is -2.29. The zero-order valence-electron chi connectivity index (χ0n) is 12.8. The van der Waals surface area contributed by atoms with Crippen LogP contribution < -0.4 is 4.74 Å². The van der Waals surface area contributed by atoms with Crippen molar-refractivity contribution in [2.45, 2.75) is 24.0 Å². The summed E-state index contributed by atoms with van der Waals surface area (Å²) < 4.78 is 35.6. The summed E-state index contributed by atoms with van der Waals surface area (Å²) in [6, 6.07) is 6.15. The number of hydrogen-bond donors (Lipinski definition) is 0. The average Bonchev–Trinajstić information content (AvgIpc) is 2.55. The Morgan fingerprint density at radius 2 is 1.86 bits per heavy atom. The monoisotopic (exact) mass is 327 g/mol. The van der Waals surface area contributed by atoms with Crippen LogP contribution in [0.3, 0.4) is 0 Å². The zero-order valence-corrected chi connectivity index (χ0v) is 13.6. The minimum Gasteiger partial charge on any atom is -0.494 e. The van der Waals surface area contributed by atoms with Gasteiger partial charge in [-0.3, -0.25) is 4.79 Å². The molecule has 1 heterocycles. The first-order valence-corrected chi connectivity index (χ1v) is 8.84. The molecule has 1 saturated heterocycles. The Kier molecular flexibility index (Phi) is 5.42. The number of amides is 1. The van der Waals surface area contributed by atoms with E-state index < -0.39 is 15.1 Å². The van der Waals surface area contributed by atoms with E-state index in [2.05, 4.69) is 0 Å². The number of morpholine rings is 1. The van der Waals surface area contributed by atoms with Crippen LogP contribution in [0.15, 0.2) is 29.2 Å². The Balaban J connectivity index is 2.15. The quantitative estimate of drug-likeness (QED) is 0.810. The van der Waals surface area contributed by atoms with E-state index in [-0.39, 0.29) is 10.8 Å². The predicted octanol–water partition coefficient (Wildman–Crippen LogP) is 1.11. The van der Waals surface area contributed by atoms with Crippen LogP contribution in [-0.2, 0) is 19.4 Å². The van der Waals surface area contributed by atoms with Gasteiger partial charge in [0.2, 0.25) is 5.91 Å². The number of benzene rings is 1. The summed E-state index contributed by atoms with van der Waals surface area (Å²) in [6.07, 6.45) is 0. The molecule has 1 aliphatic rings. The molecule has 1 aliphatic heterocycles. The molecule has 7 heteroatoms. The molecular formula is C15H21NO5S. The number of carbonyl (C=O) groups is 1. The molecule has 0 aliphatic carbocycles. The Morgan fingerprint density at radius 1 is 1.27 bits per heavy atom. The van der Waals surface area contributed by atoms with Gasteiger partial charge in [0.05, 0.1) is 24.7 Å². The smallest absolute Gasteiger partial charge is 0.241 e. The van der Waals surface area contributed by atoms with Crippen molar-refractivity contribution in [2.24, 2.45) is 0 Å². The summed E-state index contributed by atoms with van der Waals surface area (Å²) in [4.78, 5) is 14.0. The van der Waals surface area contributed by atoms with E-state index in [0.29, 0.717) is 38.7 Å². The van der Waals surface area contributed by atoms with Crippen LogP contribution in [0, 0.1) is 0 Å². The fourth-order valence-corrected chi connectivity index (χ4v) is 3.61. The van der Waals surface area contributed by atoms with Crippen molar-refractivity contribution in [3.05, 3.63) is 24.3 Å². The second kappa shape index (κ2) is 7.11. The molecule has 6 nitrogen and oxygen atoms in total. The third-order valence-corrected chi connectivity index (χ3v) is 5.66. The topological polar surface area (TPSA) is 72.9 Å². The van der Waals surface area contributed by atoms with Crippen molar-refractivity contribution in [1.29, 1.82) is 0 Å². The van der Waals surface area contributed by atoms with Gasteiger partial charge >= 0.3 is 0 Å². The van der Waals surface area contributed by atoms with E-state index in [9.17, 15) is 13.2 Å². The van der Waals surface area contributed by atoms with Gasteiger partial charge in [0.25, 0.3) is 0 Å². The maximum absolute atomic E-state index is 12.6. The molecule has 0 spiro atoms. The number of ether oxygens (including phenoxy) is 2. The normalized spacial score (nSPS) is 17.1. The van der Waals surface area contributed by atoms with E-state index in [1.165, 1.54) is 19.1 Å². The van der Waals surface area contributed by atoms with Crippen LogP contribution >= 0.6 is 0 Å². The summed E-state index contributed by atoms with van der Waals surface area (Å²) in [5.41, 5.74) is 0. The van der Waals surface area contributed by atoms with E-state index in [1.54, 1.807) is 17.0 Å². The second-order valence-corrected chi connectivity index (χ2v) is 7.30. The van der Waals surface area contributed by atoms with Gasteiger partial charge in [0, 0.05) is 13.1 Å². The van der Waals surface area contributed by atoms with E-state index in [1.807, 2.05) is 6.92 Å². The van der Waals surface area contributed by atoms with Crippen molar-refractivity contribution in [1.82, 2.24) is 4.90 Å². The van der Waals surface area contributed by atoms with Gasteiger partial charge in [-0.15, -0.1) is 0 Å². The first-order valence-electron chi connectivity index (χ1n) is 7.30. The Bertz CT molecular complexity index is 605. The van der Waals surface area contributed by atoms with Gasteiger partial charge in [-0.1, -0.05) is 0 Å². The third kappa shape index (κ3) is 3.59. The molecule has 1 atom stereocenters. The molecule has 0 saturated carbocycles. The molecule has 0 aromatic heterocycles. The van der Waals surface area contributed by atoms with E-state index >= 15 is 0 Å². The fraction of sp³-hybridized carbons (Fsp3) is 0.533. The minimum atomic E-state index is -3.71. The highest BCUT2D eigenvalue weighted by molar-refractivity contribution is 7.92. The molecule has 1 amide bonds. The predicted molar refractivity (Wildman–Crippen MR) is 81.7 cm³/mol. The fourth-order valence-electron chi connectivity index (χ4n) is 2.27. The largest absolute Gasteiger partial charge is 0.494 e. The lowest BCUT2D eigenvalue weighted by Crippen LogP contribution is -2.47. The lowest BCUT2D eigenvalue weighted by molar-refractivity contribution is -0.134. The highest BCUT2D eigenvalue weighted by Crippen LogP contribution is 2.21. The summed E-state index contributed by atoms with van der Waals surface area (Å²) in [6.45, 7) is 5.56. The van der Waals surface area contributed by atoms with Crippen molar-refractivity contribution < 1.29 is 22.7 Å². The van der Waals surface area contributed by atoms with Gasteiger partial charge in [-0.2, -0.15) is 0 Å². The molecule has 0 bridgehead atoms. The molecule has 0 N–H and O–H groups in total. The average molecular weight is 327 g/mol. The van der Waals surface area contributed by atoms with Crippen molar-refractivity contribution >= 4 is 15.7 Å². The number of hydrogen-bond acceptors (Lipinski definition) is 5. The van der Waals surface area contributed by atoms with Gasteiger partial charge in [0.15, 0.2) is 9.84 Å². The summed E-state index contributed by atoms with van der Waals surface area (Å²) >= 11 is 0. The highest BCUT2D eigenvalue weighted by atomic mass is 32.2. The van der Waals surface area contributed by atoms with Crippen LogP contribution in [0.5, 0.6) is 5.75 Å². The van der Waals surface area contributed by atoms with Crippen LogP contribution in [-0.4, -0.2) is 57.4 Å². The molecule has 1 fully saturated rings. The van der Waals surface area contributed by atoms with E-state index in [0.717, 1.165) is 0 Å². The van der Waals surface area contributed by atoms with Crippen molar-refractivity contribution in [2.75, 3.05) is 32.9 Å². The maximum Gasteiger partial charge on any atom is 0.241 e. The molecule has 1 aromatic rings. The Hall–Kier alpha value is -1.60. The van der Waals surface area contributed by atoms with Gasteiger partial charge in [0.1, 0.15) is 11.0 Å². The molecule has 122 valence electrons. The summed E-state index contributed by atoms with van der Waals surface area (Å²) in [5.74, 6) is 0.228. The molecule has 1 aromatic carbocycles. The number of sulfone groups is 1. The van der Waals surface area contributed by atoms with Crippen LogP contribution in [0.25, 0.3) is 0 Å². The molecule has 2 rings (SSSR count). The molecule has 0 radical (unpaired) electrons. The molecule has 0 unspecified atom stereocenters. The second-order valence-electron chi connectivity index (χ2n) is 5.03. The van der Waals surface area contributed by atoms with Gasteiger partial charge in [-0.05, 0) is 38.1 Å². The summed E-state index contributed by atoms with van der Waals surface area (Å²) in [7, 11) is -3.71. The number of carbonyl (C=O) groups excluding carboxylic acids is 1. The van der Waals surface area contributed by atoms with Crippen LogP contribution in [0.2, 0.25) is 0 Å². The highest BCUT2D eigenvalue weighted by Gasteiger charge is 2.33. The Labute approximate surface area is 130 Å². The first kappa shape index (κ1) is 16.8. The van der Waals surface area contributed by atoms with Gasteiger partial charge in [-0.25, -0.2) is 8.42 Å². The molecular weight excluding hydrogens is 306 g/mol. The van der Waals surface area contributed by atoms with Crippen LogP contribution in [0.1, 0.15) is 13.8 Å². The number of rotatable bonds is 5. The standard InChI is InChI=1S/C15H21NO5S/c1-3-21-13-4-6-14(7-5-13)22(18,19)12(2)15(17)16-8-10-20-11-9-16/h4-7,12H,3,8-11H2,1-2H3/t12-/m0/s1. The van der Waals surface area contributed by atoms with Crippen molar-refractivity contribution in [3.63, 3.8) is 0 Å². The van der Waals surface area contributed by atoms with Gasteiger partial charge < -0.3 is 14.4 Å². The third-order valence-electron chi connectivity index (χ3n) is 3.60. The Morgan fingerprint density at radius 3 is 2.41 bits per heavy atom. The molecule has 22 heavy (non-hydrogen) atoms. The maximum atomic E-state index is 12.6. The SMILES string of the molecule is CCOc1ccc(S(=O)(=O)[C@@H](C)C(=O)N2CCOCC2)cc1. The van der Waals surface area contributed by atoms with Crippen molar-refractivity contribution in [3.8, 4) is 5.75 Å². The summed E-state index contributed by atoms with van der Waals surface area (Å²) in [5, 5.41) is -1.11. The van der Waals surface area contributed by atoms with Crippen LogP contribution in [0.4, 0.5) is 0 Å². The first-order chi connectivity index (χ1) is 10.5. The minimum absolute atomic E-state index is 0.130. The zero-order chi connectivity index (χ0) is 16.2. The van der Waals surface area contributed by atoms with E-state index in [4.69, 9.17) is 9.47 Å². The number of nitrogens with zero attached hydrogens (tertiary/aromatic N) is 1. The lowest BCUT2D eigenvalue weighted by atomic mass is 10.3.